The average Bonchev–Trinajstić information content (AvgIpc) is 3.07. The lowest BCUT2D eigenvalue weighted by molar-refractivity contribution is 0.0730. The van der Waals surface area contributed by atoms with E-state index in [1.807, 2.05) is 0 Å². The lowest BCUT2D eigenvalue weighted by Crippen LogP contribution is -2.40. The summed E-state index contributed by atoms with van der Waals surface area (Å²) in [4.78, 5) is 12.8. The van der Waals surface area contributed by atoms with Crippen LogP contribution in [0.1, 0.15) is 16.1 Å². The van der Waals surface area contributed by atoms with Crippen LogP contribution in [0.5, 0.6) is 0 Å². The smallest absolute Gasteiger partial charge is 0.291 e. The van der Waals surface area contributed by atoms with Gasteiger partial charge in [0, 0.05) is 28.5 Å². The minimum absolute atomic E-state index is 0.00626. The summed E-state index contributed by atoms with van der Waals surface area (Å²) in [6.07, 6.45) is 0. The van der Waals surface area contributed by atoms with Gasteiger partial charge in [0.2, 0.25) is 10.0 Å². The molecule has 10 heteroatoms. The van der Waals surface area contributed by atoms with Gasteiger partial charge in [0.05, 0.1) is 23.8 Å². The second-order valence-corrected chi connectivity index (χ2v) is 9.66. The number of benzene rings is 2. The number of sulfonamides is 1. The van der Waals surface area contributed by atoms with Crippen molar-refractivity contribution in [1.29, 1.82) is 0 Å². The lowest BCUT2D eigenvalue weighted by Gasteiger charge is -2.26. The quantitative estimate of drug-likeness (QED) is 0.591. The molecule has 1 fully saturated rings. The molecular formula is C20H18BrFN2O5S. The molecule has 1 amide bonds. The Labute approximate surface area is 181 Å². The van der Waals surface area contributed by atoms with E-state index in [2.05, 4.69) is 21.2 Å². The van der Waals surface area contributed by atoms with Gasteiger partial charge in [-0.3, -0.25) is 4.79 Å². The van der Waals surface area contributed by atoms with Gasteiger partial charge in [0.1, 0.15) is 11.4 Å². The number of fused-ring (bicyclic) bond motifs is 1. The fourth-order valence-electron chi connectivity index (χ4n) is 3.28. The third-order valence-electron chi connectivity index (χ3n) is 4.90. The zero-order valence-corrected chi connectivity index (χ0v) is 18.3. The van der Waals surface area contributed by atoms with E-state index in [1.54, 1.807) is 13.0 Å². The van der Waals surface area contributed by atoms with E-state index in [1.165, 1.54) is 34.6 Å². The summed E-state index contributed by atoms with van der Waals surface area (Å²) in [5.41, 5.74) is 0.854. The van der Waals surface area contributed by atoms with Crippen LogP contribution < -0.4 is 5.32 Å². The number of ether oxygens (including phenoxy) is 1. The molecule has 0 saturated carbocycles. The zero-order valence-electron chi connectivity index (χ0n) is 15.9. The standard InChI is InChI=1S/C20H18BrFN2O5S/c1-12-15-11-14(30(26,27)24-6-8-28-9-7-24)3-5-18(15)29-19(12)20(25)23-17-4-2-13(21)10-16(17)22/h2-5,10-11H,6-9H2,1H3,(H,23,25). The van der Waals surface area contributed by atoms with Crippen molar-refractivity contribution >= 4 is 48.5 Å². The Hall–Kier alpha value is -2.27. The van der Waals surface area contributed by atoms with Gasteiger partial charge in [0.15, 0.2) is 5.76 Å². The van der Waals surface area contributed by atoms with Gasteiger partial charge in [-0.1, -0.05) is 15.9 Å². The van der Waals surface area contributed by atoms with Crippen molar-refractivity contribution in [2.24, 2.45) is 0 Å². The van der Waals surface area contributed by atoms with E-state index in [9.17, 15) is 17.6 Å². The minimum Gasteiger partial charge on any atom is -0.451 e. The first-order valence-electron chi connectivity index (χ1n) is 9.15. The number of hydrogen-bond donors (Lipinski definition) is 1. The molecule has 7 nitrogen and oxygen atoms in total. The first-order chi connectivity index (χ1) is 14.3. The average molecular weight is 497 g/mol. The van der Waals surface area contributed by atoms with Crippen LogP contribution in [-0.2, 0) is 14.8 Å². The van der Waals surface area contributed by atoms with E-state index in [0.717, 1.165) is 0 Å². The lowest BCUT2D eigenvalue weighted by atomic mass is 10.1. The first kappa shape index (κ1) is 21.0. The molecule has 1 aliphatic heterocycles. The highest BCUT2D eigenvalue weighted by molar-refractivity contribution is 9.10. The number of morpholine rings is 1. The van der Waals surface area contributed by atoms with Crippen molar-refractivity contribution in [3.8, 4) is 0 Å². The van der Waals surface area contributed by atoms with Gasteiger partial charge in [-0.15, -0.1) is 0 Å². The second kappa shape index (κ2) is 8.10. The highest BCUT2D eigenvalue weighted by Gasteiger charge is 2.28. The molecule has 158 valence electrons. The number of aryl methyl sites for hydroxylation is 1. The molecule has 0 atom stereocenters. The van der Waals surface area contributed by atoms with Crippen molar-refractivity contribution in [2.75, 3.05) is 31.6 Å². The summed E-state index contributed by atoms with van der Waals surface area (Å²) >= 11 is 3.16. The largest absolute Gasteiger partial charge is 0.451 e. The topological polar surface area (TPSA) is 88.8 Å². The monoisotopic (exact) mass is 496 g/mol. The van der Waals surface area contributed by atoms with Crippen LogP contribution in [0.2, 0.25) is 0 Å². The molecule has 2 heterocycles. The van der Waals surface area contributed by atoms with Crippen molar-refractivity contribution in [2.45, 2.75) is 11.8 Å². The van der Waals surface area contributed by atoms with Crippen molar-refractivity contribution < 1.29 is 26.8 Å². The highest BCUT2D eigenvalue weighted by atomic mass is 79.9. The molecule has 1 aromatic heterocycles. The van der Waals surface area contributed by atoms with E-state index in [-0.39, 0.29) is 29.4 Å². The molecule has 4 rings (SSSR count). The maximum Gasteiger partial charge on any atom is 0.291 e. The number of anilines is 1. The van der Waals surface area contributed by atoms with Gasteiger partial charge < -0.3 is 14.5 Å². The molecular weight excluding hydrogens is 479 g/mol. The maximum atomic E-state index is 14.0. The Morgan fingerprint density at radius 2 is 1.90 bits per heavy atom. The normalized spacial score (nSPS) is 15.4. The summed E-state index contributed by atoms with van der Waals surface area (Å²) in [7, 11) is -3.68. The number of carbonyl (C=O) groups is 1. The number of rotatable bonds is 4. The molecule has 0 radical (unpaired) electrons. The van der Waals surface area contributed by atoms with Crippen LogP contribution in [0.4, 0.5) is 10.1 Å². The Bertz CT molecular complexity index is 1240. The summed E-state index contributed by atoms with van der Waals surface area (Å²) in [5, 5.41) is 2.99. The van der Waals surface area contributed by atoms with Crippen molar-refractivity contribution in [3.05, 3.63) is 58.0 Å². The van der Waals surface area contributed by atoms with Crippen molar-refractivity contribution in [3.63, 3.8) is 0 Å². The van der Waals surface area contributed by atoms with Crippen LogP contribution in [0.3, 0.4) is 0 Å². The molecule has 3 aromatic rings. The molecule has 0 unspecified atom stereocenters. The fraction of sp³-hybridized carbons (Fsp3) is 0.250. The van der Waals surface area contributed by atoms with E-state index < -0.39 is 21.7 Å². The number of halogens is 2. The van der Waals surface area contributed by atoms with Gasteiger partial charge in [-0.25, -0.2) is 12.8 Å². The van der Waals surface area contributed by atoms with Gasteiger partial charge >= 0.3 is 0 Å². The predicted molar refractivity (Wildman–Crippen MR) is 113 cm³/mol. The van der Waals surface area contributed by atoms with E-state index >= 15 is 0 Å². The van der Waals surface area contributed by atoms with Gasteiger partial charge in [-0.2, -0.15) is 4.31 Å². The molecule has 1 N–H and O–H groups in total. The van der Waals surface area contributed by atoms with Crippen LogP contribution in [0.15, 0.2) is 50.2 Å². The predicted octanol–water partition coefficient (Wildman–Crippen LogP) is 3.92. The SMILES string of the molecule is Cc1c(C(=O)Nc2ccc(Br)cc2F)oc2ccc(S(=O)(=O)N3CCOCC3)cc12. The number of furan rings is 1. The number of nitrogens with one attached hydrogen (secondary N) is 1. The molecule has 1 saturated heterocycles. The van der Waals surface area contributed by atoms with Crippen LogP contribution >= 0.6 is 15.9 Å². The summed E-state index contributed by atoms with van der Waals surface area (Å²) in [6, 6.07) is 8.74. The number of hydrogen-bond acceptors (Lipinski definition) is 5. The van der Waals surface area contributed by atoms with E-state index in [0.29, 0.717) is 34.2 Å². The first-order valence-corrected chi connectivity index (χ1v) is 11.4. The van der Waals surface area contributed by atoms with E-state index in [4.69, 9.17) is 9.15 Å². The Morgan fingerprint density at radius 1 is 1.17 bits per heavy atom. The molecule has 30 heavy (non-hydrogen) atoms. The Kier molecular flexibility index (Phi) is 5.67. The van der Waals surface area contributed by atoms with Crippen LogP contribution in [0, 0.1) is 12.7 Å². The van der Waals surface area contributed by atoms with Gasteiger partial charge in [-0.05, 0) is 43.3 Å². The third-order valence-corrected chi connectivity index (χ3v) is 7.29. The number of amides is 1. The maximum absolute atomic E-state index is 14.0. The minimum atomic E-state index is -3.68. The Morgan fingerprint density at radius 3 is 2.60 bits per heavy atom. The van der Waals surface area contributed by atoms with Crippen LogP contribution in [0.25, 0.3) is 11.0 Å². The van der Waals surface area contributed by atoms with Gasteiger partial charge in [0.25, 0.3) is 5.91 Å². The summed E-state index contributed by atoms with van der Waals surface area (Å²) in [6.45, 7) is 2.93. The molecule has 0 aliphatic carbocycles. The highest BCUT2D eigenvalue weighted by Crippen LogP contribution is 2.30. The zero-order chi connectivity index (χ0) is 21.5. The van der Waals surface area contributed by atoms with Crippen molar-refractivity contribution in [1.82, 2.24) is 4.31 Å². The molecule has 0 spiro atoms. The summed E-state index contributed by atoms with van der Waals surface area (Å²) in [5.74, 6) is -1.22. The second-order valence-electron chi connectivity index (χ2n) is 6.81. The summed E-state index contributed by atoms with van der Waals surface area (Å²) < 4.78 is 52.6. The molecule has 2 aromatic carbocycles. The molecule has 1 aliphatic rings. The molecule has 0 bridgehead atoms. The number of nitrogens with zero attached hydrogens (tertiary/aromatic N) is 1. The van der Waals surface area contributed by atoms with Crippen LogP contribution in [-0.4, -0.2) is 44.9 Å². The number of carbonyl (C=O) groups excluding carboxylic acids is 1. The fourth-order valence-corrected chi connectivity index (χ4v) is 5.05. The Balaban J connectivity index is 1.66. The third kappa shape index (κ3) is 3.87.